The van der Waals surface area contributed by atoms with Crippen LogP contribution in [0.3, 0.4) is 0 Å². The highest BCUT2D eigenvalue weighted by Gasteiger charge is 2.21. The summed E-state index contributed by atoms with van der Waals surface area (Å²) < 4.78 is 18.8. The lowest BCUT2D eigenvalue weighted by Gasteiger charge is -2.16. The first kappa shape index (κ1) is 17.9. The second-order valence-corrected chi connectivity index (χ2v) is 5.52. The number of carbonyl (C=O) groups is 2. The van der Waals surface area contributed by atoms with Crippen LogP contribution >= 0.6 is 0 Å². The fourth-order valence-electron chi connectivity index (χ4n) is 2.11. The molecule has 1 aromatic carbocycles. The molecule has 0 fully saturated rings. The van der Waals surface area contributed by atoms with Crippen LogP contribution in [0, 0.1) is 11.7 Å². The quantitative estimate of drug-likeness (QED) is 0.773. The molecule has 1 rings (SSSR count). The predicted molar refractivity (Wildman–Crippen MR) is 80.3 cm³/mol. The zero-order chi connectivity index (χ0) is 16.7. The van der Waals surface area contributed by atoms with Gasteiger partial charge >= 0.3 is 5.97 Å². The number of aryl methyl sites for hydroxylation is 1. The Morgan fingerprint density at radius 2 is 2.05 bits per heavy atom. The van der Waals surface area contributed by atoms with Crippen molar-refractivity contribution in [3.05, 3.63) is 29.6 Å². The summed E-state index contributed by atoms with van der Waals surface area (Å²) in [6.45, 7) is 3.77. The van der Waals surface area contributed by atoms with Crippen molar-refractivity contribution in [2.24, 2.45) is 5.92 Å². The zero-order valence-corrected chi connectivity index (χ0v) is 13.1. The topological polar surface area (TPSA) is 75.6 Å². The van der Waals surface area contributed by atoms with Crippen molar-refractivity contribution in [2.45, 2.75) is 39.2 Å². The number of hydrogen-bond donors (Lipinski definition) is 2. The van der Waals surface area contributed by atoms with Gasteiger partial charge in [-0.3, -0.25) is 4.79 Å². The third-order valence-corrected chi connectivity index (χ3v) is 3.23. The monoisotopic (exact) mass is 311 g/mol. The maximum absolute atomic E-state index is 13.9. The summed E-state index contributed by atoms with van der Waals surface area (Å²) in [4.78, 5) is 22.9. The molecule has 0 bridgehead atoms. The van der Waals surface area contributed by atoms with Crippen LogP contribution in [0.4, 0.5) is 4.39 Å². The number of aliphatic carboxylic acids is 1. The van der Waals surface area contributed by atoms with E-state index in [2.05, 4.69) is 5.32 Å². The third kappa shape index (κ3) is 5.35. The van der Waals surface area contributed by atoms with Gasteiger partial charge in [0.25, 0.3) is 0 Å². The van der Waals surface area contributed by atoms with Crippen molar-refractivity contribution >= 4 is 11.9 Å². The molecule has 0 aliphatic rings. The Morgan fingerprint density at radius 3 is 2.59 bits per heavy atom. The first-order valence-corrected chi connectivity index (χ1v) is 7.18. The molecule has 0 unspecified atom stereocenters. The lowest BCUT2D eigenvalue weighted by molar-refractivity contribution is -0.142. The van der Waals surface area contributed by atoms with Gasteiger partial charge in [-0.15, -0.1) is 0 Å². The highest BCUT2D eigenvalue weighted by Crippen LogP contribution is 2.21. The van der Waals surface area contributed by atoms with Crippen LogP contribution in [-0.2, 0) is 16.0 Å². The molecule has 0 saturated heterocycles. The van der Waals surface area contributed by atoms with Crippen molar-refractivity contribution in [1.82, 2.24) is 5.32 Å². The molecule has 2 N–H and O–H groups in total. The summed E-state index contributed by atoms with van der Waals surface area (Å²) in [7, 11) is 1.37. The molecule has 0 aliphatic heterocycles. The van der Waals surface area contributed by atoms with Gasteiger partial charge in [-0.25, -0.2) is 9.18 Å². The number of carbonyl (C=O) groups excluding carboxylic acids is 1. The molecule has 0 radical (unpaired) electrons. The number of benzene rings is 1. The standard InChI is InChI=1S/C16H22FNO4/c1-10(2)9-12(16(20)21)18-14(19)8-7-11-5-4-6-13(22-3)15(11)17/h4-6,10,12H,7-9H2,1-3H3,(H,18,19)(H,20,21)/t12-/m1/s1. The number of carboxylic acids is 1. The fourth-order valence-corrected chi connectivity index (χ4v) is 2.11. The molecule has 5 nitrogen and oxygen atoms in total. The van der Waals surface area contributed by atoms with E-state index in [0.29, 0.717) is 12.0 Å². The minimum absolute atomic E-state index is 0.0198. The van der Waals surface area contributed by atoms with Gasteiger partial charge in [0, 0.05) is 6.42 Å². The maximum atomic E-state index is 13.9. The van der Waals surface area contributed by atoms with E-state index in [4.69, 9.17) is 9.84 Å². The molecule has 1 amide bonds. The Kier molecular flexibility index (Phi) is 6.82. The van der Waals surface area contributed by atoms with Crippen LogP contribution in [0.1, 0.15) is 32.3 Å². The summed E-state index contributed by atoms with van der Waals surface area (Å²) in [5.41, 5.74) is 0.366. The minimum Gasteiger partial charge on any atom is -0.494 e. The lowest BCUT2D eigenvalue weighted by atomic mass is 10.0. The van der Waals surface area contributed by atoms with Gasteiger partial charge in [0.2, 0.25) is 5.91 Å². The van der Waals surface area contributed by atoms with Gasteiger partial charge in [0.15, 0.2) is 11.6 Å². The molecule has 6 heteroatoms. The number of amides is 1. The van der Waals surface area contributed by atoms with Gasteiger partial charge in [-0.2, -0.15) is 0 Å². The fraction of sp³-hybridized carbons (Fsp3) is 0.500. The Balaban J connectivity index is 2.60. The number of rotatable bonds is 8. The summed E-state index contributed by atoms with van der Waals surface area (Å²) in [5.74, 6) is -1.68. The van der Waals surface area contributed by atoms with Crippen LogP contribution < -0.4 is 10.1 Å². The van der Waals surface area contributed by atoms with E-state index < -0.39 is 23.7 Å². The van der Waals surface area contributed by atoms with Gasteiger partial charge in [-0.1, -0.05) is 26.0 Å². The molecule has 0 heterocycles. The van der Waals surface area contributed by atoms with Crippen LogP contribution in [0.25, 0.3) is 0 Å². The Morgan fingerprint density at radius 1 is 1.36 bits per heavy atom. The molecule has 0 saturated carbocycles. The van der Waals surface area contributed by atoms with Gasteiger partial charge in [0.05, 0.1) is 7.11 Å². The van der Waals surface area contributed by atoms with E-state index in [9.17, 15) is 14.0 Å². The van der Waals surface area contributed by atoms with E-state index in [1.165, 1.54) is 13.2 Å². The van der Waals surface area contributed by atoms with Gasteiger partial charge in [-0.05, 0) is 30.4 Å². The molecule has 1 atom stereocenters. The predicted octanol–water partition coefficient (Wildman–Crippen LogP) is 2.38. The minimum atomic E-state index is -1.06. The molecule has 122 valence electrons. The zero-order valence-electron chi connectivity index (χ0n) is 13.1. The van der Waals surface area contributed by atoms with Crippen LogP contribution in [0.15, 0.2) is 18.2 Å². The smallest absolute Gasteiger partial charge is 0.326 e. The van der Waals surface area contributed by atoms with Crippen molar-refractivity contribution in [1.29, 1.82) is 0 Å². The number of hydrogen-bond acceptors (Lipinski definition) is 3. The first-order valence-electron chi connectivity index (χ1n) is 7.18. The second-order valence-electron chi connectivity index (χ2n) is 5.52. The van der Waals surface area contributed by atoms with Crippen LogP contribution in [0.2, 0.25) is 0 Å². The van der Waals surface area contributed by atoms with E-state index in [0.717, 1.165) is 0 Å². The molecule has 0 aromatic heterocycles. The summed E-state index contributed by atoms with van der Waals surface area (Å²) in [6.07, 6.45) is 0.559. The first-order chi connectivity index (χ1) is 10.3. The van der Waals surface area contributed by atoms with Gasteiger partial charge in [0.1, 0.15) is 6.04 Å². The molecule has 1 aromatic rings. The van der Waals surface area contributed by atoms with Crippen molar-refractivity contribution in [3.63, 3.8) is 0 Å². The number of methoxy groups -OCH3 is 1. The van der Waals surface area contributed by atoms with Crippen LogP contribution in [-0.4, -0.2) is 30.1 Å². The SMILES string of the molecule is COc1cccc(CCC(=O)N[C@H](CC(C)C)C(=O)O)c1F. The summed E-state index contributed by atoms with van der Waals surface area (Å²) in [6, 6.07) is 3.81. The van der Waals surface area contributed by atoms with E-state index in [1.807, 2.05) is 13.8 Å². The molecule has 0 aliphatic carbocycles. The van der Waals surface area contributed by atoms with Crippen LogP contribution in [0.5, 0.6) is 5.75 Å². The second kappa shape index (κ2) is 8.36. The number of carboxylic acid groups (broad SMARTS) is 1. The normalized spacial score (nSPS) is 12.0. The number of halogens is 1. The molecular formula is C16H22FNO4. The number of nitrogens with one attached hydrogen (secondary N) is 1. The van der Waals surface area contributed by atoms with E-state index >= 15 is 0 Å². The summed E-state index contributed by atoms with van der Waals surface area (Å²) in [5, 5.41) is 11.6. The van der Waals surface area contributed by atoms with E-state index in [-0.39, 0.29) is 24.5 Å². The summed E-state index contributed by atoms with van der Waals surface area (Å²) >= 11 is 0. The Labute approximate surface area is 129 Å². The molecular weight excluding hydrogens is 289 g/mol. The molecule has 0 spiro atoms. The van der Waals surface area contributed by atoms with Crippen molar-refractivity contribution < 1.29 is 23.8 Å². The maximum Gasteiger partial charge on any atom is 0.326 e. The average Bonchev–Trinajstić information content (AvgIpc) is 2.45. The molecule has 22 heavy (non-hydrogen) atoms. The average molecular weight is 311 g/mol. The number of ether oxygens (including phenoxy) is 1. The highest BCUT2D eigenvalue weighted by molar-refractivity contribution is 5.83. The lowest BCUT2D eigenvalue weighted by Crippen LogP contribution is -2.41. The highest BCUT2D eigenvalue weighted by atomic mass is 19.1. The Bertz CT molecular complexity index is 531. The van der Waals surface area contributed by atoms with Crippen molar-refractivity contribution in [2.75, 3.05) is 7.11 Å². The third-order valence-electron chi connectivity index (χ3n) is 3.23. The van der Waals surface area contributed by atoms with E-state index in [1.54, 1.807) is 12.1 Å². The Hall–Kier alpha value is -2.11. The largest absolute Gasteiger partial charge is 0.494 e. The van der Waals surface area contributed by atoms with Gasteiger partial charge < -0.3 is 15.2 Å². The van der Waals surface area contributed by atoms with Crippen molar-refractivity contribution in [3.8, 4) is 5.75 Å².